The first-order chi connectivity index (χ1) is 9.74. The molecular weight excluding hydrogens is 253 g/mol. The largest absolute Gasteiger partial charge is 0.387 e. The number of β-amino-alcohol motifs (C(OH)–C–C–N with tert-alkyl or cyclic N) is 1. The van der Waals surface area contributed by atoms with Crippen molar-refractivity contribution < 1.29 is 9.50 Å². The van der Waals surface area contributed by atoms with Gasteiger partial charge in [-0.1, -0.05) is 42.5 Å². The van der Waals surface area contributed by atoms with Crippen LogP contribution < -0.4 is 0 Å². The molecule has 0 fully saturated rings. The minimum Gasteiger partial charge on any atom is -0.387 e. The van der Waals surface area contributed by atoms with Crippen LogP contribution >= 0.6 is 0 Å². The van der Waals surface area contributed by atoms with Gasteiger partial charge in [-0.2, -0.15) is 0 Å². The van der Waals surface area contributed by atoms with E-state index in [1.807, 2.05) is 6.07 Å². The van der Waals surface area contributed by atoms with Crippen molar-refractivity contribution >= 4 is 0 Å². The zero-order valence-corrected chi connectivity index (χ0v) is 11.3. The lowest BCUT2D eigenvalue weighted by Crippen LogP contribution is -2.34. The molecule has 1 atom stereocenters. The van der Waals surface area contributed by atoms with Crippen molar-refractivity contribution in [3.05, 3.63) is 71.0 Å². The smallest absolute Gasteiger partial charge is 0.129 e. The second-order valence-electron chi connectivity index (χ2n) is 5.29. The summed E-state index contributed by atoms with van der Waals surface area (Å²) in [5, 5.41) is 10.2. The highest BCUT2D eigenvalue weighted by molar-refractivity contribution is 5.29. The highest BCUT2D eigenvalue weighted by Crippen LogP contribution is 2.22. The Hall–Kier alpha value is -1.71. The number of hydrogen-bond acceptors (Lipinski definition) is 2. The predicted molar refractivity (Wildman–Crippen MR) is 76.8 cm³/mol. The molecule has 1 N–H and O–H groups in total. The predicted octanol–water partition coefficient (Wildman–Crippen LogP) is 2.92. The fraction of sp³-hybridized carbons (Fsp3) is 0.294. The van der Waals surface area contributed by atoms with Crippen LogP contribution in [0.4, 0.5) is 4.39 Å². The number of fused-ring (bicyclic) bond motifs is 1. The molecule has 0 aliphatic carbocycles. The second kappa shape index (κ2) is 5.73. The maximum Gasteiger partial charge on any atom is 0.129 e. The van der Waals surface area contributed by atoms with Gasteiger partial charge in [-0.25, -0.2) is 4.39 Å². The molecule has 2 nitrogen and oxygen atoms in total. The second-order valence-corrected chi connectivity index (χ2v) is 5.29. The van der Waals surface area contributed by atoms with Gasteiger partial charge in [-0.15, -0.1) is 0 Å². The first-order valence-corrected chi connectivity index (χ1v) is 6.95. The topological polar surface area (TPSA) is 23.5 Å². The van der Waals surface area contributed by atoms with Crippen LogP contribution in [0.1, 0.15) is 22.8 Å². The lowest BCUT2D eigenvalue weighted by atomic mass is 9.99. The van der Waals surface area contributed by atoms with Crippen molar-refractivity contribution in [2.24, 2.45) is 0 Å². The van der Waals surface area contributed by atoms with Gasteiger partial charge < -0.3 is 5.11 Å². The van der Waals surface area contributed by atoms with Gasteiger partial charge in [0.05, 0.1) is 6.10 Å². The zero-order chi connectivity index (χ0) is 13.9. The lowest BCUT2D eigenvalue weighted by molar-refractivity contribution is 0.103. The number of hydrogen-bond donors (Lipinski definition) is 1. The van der Waals surface area contributed by atoms with Gasteiger partial charge in [-0.3, -0.25) is 4.90 Å². The Bertz CT molecular complexity index is 599. The maximum atomic E-state index is 13.7. The Morgan fingerprint density at radius 2 is 1.75 bits per heavy atom. The van der Waals surface area contributed by atoms with E-state index >= 15 is 0 Å². The Morgan fingerprint density at radius 1 is 1.05 bits per heavy atom. The van der Waals surface area contributed by atoms with E-state index in [4.69, 9.17) is 0 Å². The number of aliphatic hydroxyl groups is 1. The van der Waals surface area contributed by atoms with Gasteiger partial charge in [-0.05, 0) is 23.6 Å². The summed E-state index contributed by atoms with van der Waals surface area (Å²) in [6, 6.07) is 14.8. The molecule has 0 spiro atoms. The van der Waals surface area contributed by atoms with Crippen LogP contribution in [0, 0.1) is 5.82 Å². The molecule has 0 unspecified atom stereocenters. The van der Waals surface area contributed by atoms with Gasteiger partial charge in [0.2, 0.25) is 0 Å². The first kappa shape index (κ1) is 13.3. The van der Waals surface area contributed by atoms with E-state index in [0.717, 1.165) is 19.5 Å². The molecular formula is C17H18FNO. The van der Waals surface area contributed by atoms with Crippen LogP contribution in [0.3, 0.4) is 0 Å². The van der Waals surface area contributed by atoms with Gasteiger partial charge >= 0.3 is 0 Å². The molecule has 3 rings (SSSR count). The normalized spacial score (nSPS) is 16.7. The van der Waals surface area contributed by atoms with E-state index in [1.54, 1.807) is 18.2 Å². The number of aliphatic hydroxyl groups excluding tert-OH is 1. The summed E-state index contributed by atoms with van der Waals surface area (Å²) in [5.41, 5.74) is 3.06. The van der Waals surface area contributed by atoms with Crippen LogP contribution in [0.5, 0.6) is 0 Å². The van der Waals surface area contributed by atoms with Crippen LogP contribution in [0.2, 0.25) is 0 Å². The maximum absolute atomic E-state index is 13.7. The molecule has 0 saturated carbocycles. The van der Waals surface area contributed by atoms with E-state index in [0.29, 0.717) is 12.1 Å². The van der Waals surface area contributed by atoms with E-state index in [9.17, 15) is 9.50 Å². The summed E-state index contributed by atoms with van der Waals surface area (Å²) in [4.78, 5) is 2.18. The summed E-state index contributed by atoms with van der Waals surface area (Å²) in [7, 11) is 0. The average molecular weight is 271 g/mol. The zero-order valence-electron chi connectivity index (χ0n) is 11.3. The molecule has 20 heavy (non-hydrogen) atoms. The molecule has 104 valence electrons. The number of nitrogens with zero attached hydrogens (tertiary/aromatic N) is 1. The quantitative estimate of drug-likeness (QED) is 0.928. The van der Waals surface area contributed by atoms with E-state index in [2.05, 4.69) is 23.1 Å². The van der Waals surface area contributed by atoms with Crippen LogP contribution in [-0.2, 0) is 13.0 Å². The summed E-state index contributed by atoms with van der Waals surface area (Å²) in [5.74, 6) is -0.336. The molecule has 1 aliphatic heterocycles. The summed E-state index contributed by atoms with van der Waals surface area (Å²) < 4.78 is 13.7. The van der Waals surface area contributed by atoms with Gasteiger partial charge in [0.25, 0.3) is 0 Å². The van der Waals surface area contributed by atoms with Crippen LogP contribution in [0.25, 0.3) is 0 Å². The number of benzene rings is 2. The van der Waals surface area contributed by atoms with Gasteiger partial charge in [0, 0.05) is 25.2 Å². The lowest BCUT2D eigenvalue weighted by Gasteiger charge is -2.30. The number of halogens is 1. The Balaban J connectivity index is 1.69. The van der Waals surface area contributed by atoms with E-state index in [1.165, 1.54) is 17.2 Å². The summed E-state index contributed by atoms with van der Waals surface area (Å²) in [6.07, 6.45) is 0.210. The van der Waals surface area contributed by atoms with Crippen molar-refractivity contribution in [2.75, 3.05) is 13.1 Å². The molecule has 0 bridgehead atoms. The fourth-order valence-corrected chi connectivity index (χ4v) is 2.80. The molecule has 2 aromatic rings. The molecule has 0 saturated heterocycles. The van der Waals surface area contributed by atoms with Crippen molar-refractivity contribution in [3.8, 4) is 0 Å². The minimum absolute atomic E-state index is 0.336. The van der Waals surface area contributed by atoms with Crippen molar-refractivity contribution in [1.29, 1.82) is 0 Å². The van der Waals surface area contributed by atoms with Gasteiger partial charge in [0.1, 0.15) is 5.82 Å². The number of rotatable bonds is 3. The minimum atomic E-state index is -0.776. The molecule has 1 aliphatic rings. The van der Waals surface area contributed by atoms with Crippen LogP contribution in [0.15, 0.2) is 48.5 Å². The Morgan fingerprint density at radius 3 is 2.55 bits per heavy atom. The third-order valence-electron chi connectivity index (χ3n) is 3.91. The molecule has 2 aromatic carbocycles. The molecule has 0 radical (unpaired) electrons. The van der Waals surface area contributed by atoms with E-state index < -0.39 is 6.10 Å². The monoisotopic (exact) mass is 271 g/mol. The Kier molecular flexibility index (Phi) is 3.81. The van der Waals surface area contributed by atoms with Gasteiger partial charge in [0.15, 0.2) is 0 Å². The molecule has 3 heteroatoms. The van der Waals surface area contributed by atoms with Crippen molar-refractivity contribution in [1.82, 2.24) is 4.90 Å². The third-order valence-corrected chi connectivity index (χ3v) is 3.91. The highest BCUT2D eigenvalue weighted by Gasteiger charge is 2.20. The fourth-order valence-electron chi connectivity index (χ4n) is 2.80. The highest BCUT2D eigenvalue weighted by atomic mass is 19.1. The summed E-state index contributed by atoms with van der Waals surface area (Å²) >= 11 is 0. The third kappa shape index (κ3) is 2.74. The molecule has 0 amide bonds. The average Bonchev–Trinajstić information content (AvgIpc) is 2.47. The first-order valence-electron chi connectivity index (χ1n) is 6.95. The van der Waals surface area contributed by atoms with Crippen LogP contribution in [-0.4, -0.2) is 23.1 Å². The summed E-state index contributed by atoms with van der Waals surface area (Å²) in [6.45, 7) is 2.19. The van der Waals surface area contributed by atoms with Crippen molar-refractivity contribution in [2.45, 2.75) is 19.1 Å². The van der Waals surface area contributed by atoms with Crippen molar-refractivity contribution in [3.63, 3.8) is 0 Å². The SMILES string of the molecule is O[C@@H](CN1CCc2ccccc2C1)c1ccccc1F. The van der Waals surface area contributed by atoms with E-state index in [-0.39, 0.29) is 5.82 Å². The Labute approximate surface area is 118 Å². The molecule has 0 aromatic heterocycles. The standard InChI is InChI=1S/C17H18FNO/c18-16-8-4-3-7-15(16)17(20)12-19-10-9-13-5-1-2-6-14(13)11-19/h1-8,17,20H,9-12H2/t17-/m0/s1. The molecule has 1 heterocycles.